The molecule has 0 bridgehead atoms. The number of amides is 1. The Morgan fingerprint density at radius 2 is 2.13 bits per heavy atom. The van der Waals surface area contributed by atoms with E-state index in [9.17, 15) is 9.18 Å². The van der Waals surface area contributed by atoms with Gasteiger partial charge in [0.15, 0.2) is 0 Å². The molecule has 0 radical (unpaired) electrons. The van der Waals surface area contributed by atoms with Gasteiger partial charge in [0.25, 0.3) is 0 Å². The maximum Gasteiger partial charge on any atom is 0.220 e. The summed E-state index contributed by atoms with van der Waals surface area (Å²) in [7, 11) is 0. The number of rotatable bonds is 8. The third kappa shape index (κ3) is 8.18. The highest BCUT2D eigenvalue weighted by Gasteiger charge is 2.12. The molecule has 130 valence electrons. The van der Waals surface area contributed by atoms with Crippen LogP contribution in [0.2, 0.25) is 0 Å². The lowest BCUT2D eigenvalue weighted by Gasteiger charge is -2.22. The molecule has 1 amide bonds. The molecule has 1 fully saturated rings. The van der Waals surface area contributed by atoms with E-state index in [1.54, 1.807) is 12.1 Å². The van der Waals surface area contributed by atoms with Crippen molar-refractivity contribution < 1.29 is 13.9 Å². The van der Waals surface area contributed by atoms with Gasteiger partial charge in [-0.15, -0.1) is 12.4 Å². The minimum atomic E-state index is -0.278. The topological polar surface area (TPSA) is 50.4 Å². The Kier molecular flexibility index (Phi) is 9.64. The zero-order chi connectivity index (χ0) is 15.6. The molecule has 23 heavy (non-hydrogen) atoms. The normalized spacial score (nSPS) is 17.2. The van der Waals surface area contributed by atoms with Gasteiger partial charge < -0.3 is 15.4 Å². The fourth-order valence-electron chi connectivity index (χ4n) is 2.63. The van der Waals surface area contributed by atoms with Crippen LogP contribution in [0.3, 0.4) is 0 Å². The third-order valence-corrected chi connectivity index (χ3v) is 3.90. The summed E-state index contributed by atoms with van der Waals surface area (Å²) in [5.74, 6) is 1.12. The second kappa shape index (κ2) is 11.2. The van der Waals surface area contributed by atoms with Crippen LogP contribution < -0.4 is 15.4 Å². The summed E-state index contributed by atoms with van der Waals surface area (Å²) < 4.78 is 18.2. The van der Waals surface area contributed by atoms with Gasteiger partial charge in [-0.2, -0.15) is 0 Å². The molecule has 1 unspecified atom stereocenters. The van der Waals surface area contributed by atoms with E-state index in [0.29, 0.717) is 31.1 Å². The Balaban J connectivity index is 0.00000264. The van der Waals surface area contributed by atoms with Crippen molar-refractivity contribution in [2.75, 3.05) is 26.2 Å². The molecule has 1 saturated heterocycles. The van der Waals surface area contributed by atoms with Crippen LogP contribution in [0.25, 0.3) is 0 Å². The Morgan fingerprint density at radius 3 is 2.83 bits per heavy atom. The Morgan fingerprint density at radius 1 is 1.35 bits per heavy atom. The SMILES string of the molecule is Cl.O=C(CCCOc1ccc(F)cc1)NCCC1CCCNC1. The minimum Gasteiger partial charge on any atom is -0.494 e. The van der Waals surface area contributed by atoms with E-state index in [1.807, 2.05) is 0 Å². The van der Waals surface area contributed by atoms with E-state index in [4.69, 9.17) is 4.74 Å². The standard InChI is InChI=1S/C17H25FN2O2.ClH/c18-15-5-7-16(8-6-15)22-12-2-4-17(21)20-11-9-14-3-1-10-19-13-14;/h5-8,14,19H,1-4,9-13H2,(H,20,21);1H. The Labute approximate surface area is 143 Å². The molecule has 1 aliphatic heterocycles. The van der Waals surface area contributed by atoms with Crippen LogP contribution in [0.15, 0.2) is 24.3 Å². The first-order chi connectivity index (χ1) is 10.7. The maximum atomic E-state index is 12.7. The number of hydrogen-bond donors (Lipinski definition) is 2. The number of hydrogen-bond acceptors (Lipinski definition) is 3. The molecule has 0 aromatic heterocycles. The summed E-state index contributed by atoms with van der Waals surface area (Å²) >= 11 is 0. The van der Waals surface area contributed by atoms with Crippen molar-refractivity contribution in [3.63, 3.8) is 0 Å². The van der Waals surface area contributed by atoms with Gasteiger partial charge in [-0.1, -0.05) is 0 Å². The molecule has 1 atom stereocenters. The van der Waals surface area contributed by atoms with Crippen LogP contribution in [0.4, 0.5) is 4.39 Å². The predicted molar refractivity (Wildman–Crippen MR) is 91.6 cm³/mol. The lowest BCUT2D eigenvalue weighted by Crippen LogP contribution is -2.33. The van der Waals surface area contributed by atoms with E-state index in [2.05, 4.69) is 10.6 Å². The fraction of sp³-hybridized carbons (Fsp3) is 0.588. The summed E-state index contributed by atoms with van der Waals surface area (Å²) in [5, 5.41) is 6.35. The average molecular weight is 345 g/mol. The third-order valence-electron chi connectivity index (χ3n) is 3.90. The van der Waals surface area contributed by atoms with Crippen molar-refractivity contribution in [1.82, 2.24) is 10.6 Å². The highest BCUT2D eigenvalue weighted by atomic mass is 35.5. The summed E-state index contributed by atoms with van der Waals surface area (Å²) in [4.78, 5) is 11.7. The molecule has 1 aliphatic rings. The number of halogens is 2. The first-order valence-corrected chi connectivity index (χ1v) is 8.10. The zero-order valence-electron chi connectivity index (χ0n) is 13.4. The number of carbonyl (C=O) groups is 1. The van der Waals surface area contributed by atoms with Crippen LogP contribution >= 0.6 is 12.4 Å². The van der Waals surface area contributed by atoms with Crippen LogP contribution in [-0.2, 0) is 4.79 Å². The van der Waals surface area contributed by atoms with E-state index in [-0.39, 0.29) is 24.1 Å². The first kappa shape index (κ1) is 19.7. The van der Waals surface area contributed by atoms with Crippen molar-refractivity contribution in [1.29, 1.82) is 0 Å². The monoisotopic (exact) mass is 344 g/mol. The average Bonchev–Trinajstić information content (AvgIpc) is 2.54. The molecule has 6 heteroatoms. The largest absolute Gasteiger partial charge is 0.494 e. The number of carbonyl (C=O) groups excluding carboxylic acids is 1. The number of ether oxygens (including phenoxy) is 1. The summed E-state index contributed by atoms with van der Waals surface area (Å²) in [6.07, 6.45) is 4.66. The van der Waals surface area contributed by atoms with Crippen molar-refractivity contribution in [3.8, 4) is 5.75 Å². The maximum absolute atomic E-state index is 12.7. The summed E-state index contributed by atoms with van der Waals surface area (Å²) in [6, 6.07) is 5.91. The molecular weight excluding hydrogens is 319 g/mol. The van der Waals surface area contributed by atoms with Gasteiger partial charge in [-0.3, -0.25) is 4.79 Å². The van der Waals surface area contributed by atoms with Crippen LogP contribution in [0, 0.1) is 11.7 Å². The smallest absolute Gasteiger partial charge is 0.220 e. The van der Waals surface area contributed by atoms with Gasteiger partial charge in [0.1, 0.15) is 11.6 Å². The van der Waals surface area contributed by atoms with E-state index >= 15 is 0 Å². The van der Waals surface area contributed by atoms with E-state index in [1.165, 1.54) is 25.0 Å². The molecule has 0 saturated carbocycles. The molecule has 0 aliphatic carbocycles. The Hall–Kier alpha value is -1.33. The van der Waals surface area contributed by atoms with Crippen LogP contribution in [0.1, 0.15) is 32.1 Å². The Bertz CT molecular complexity index is 450. The van der Waals surface area contributed by atoms with Crippen molar-refractivity contribution >= 4 is 18.3 Å². The molecule has 2 N–H and O–H groups in total. The van der Waals surface area contributed by atoms with E-state index in [0.717, 1.165) is 26.1 Å². The van der Waals surface area contributed by atoms with Gasteiger partial charge in [0, 0.05) is 13.0 Å². The second-order valence-electron chi connectivity index (χ2n) is 5.76. The quantitative estimate of drug-likeness (QED) is 0.713. The van der Waals surface area contributed by atoms with E-state index < -0.39 is 0 Å². The number of piperidine rings is 1. The predicted octanol–water partition coefficient (Wildman–Crippen LogP) is 2.91. The molecular formula is C17H26ClFN2O2. The van der Waals surface area contributed by atoms with Gasteiger partial charge in [0.05, 0.1) is 6.61 Å². The molecule has 2 rings (SSSR count). The second-order valence-corrected chi connectivity index (χ2v) is 5.76. The molecule has 1 heterocycles. The highest BCUT2D eigenvalue weighted by molar-refractivity contribution is 5.85. The highest BCUT2D eigenvalue weighted by Crippen LogP contribution is 2.13. The number of nitrogens with one attached hydrogen (secondary N) is 2. The fourth-order valence-corrected chi connectivity index (χ4v) is 2.63. The molecule has 1 aromatic carbocycles. The van der Waals surface area contributed by atoms with Gasteiger partial charge in [-0.05, 0) is 69.0 Å². The summed E-state index contributed by atoms with van der Waals surface area (Å²) in [5.41, 5.74) is 0. The lowest BCUT2D eigenvalue weighted by molar-refractivity contribution is -0.121. The molecule has 0 spiro atoms. The van der Waals surface area contributed by atoms with Gasteiger partial charge in [-0.25, -0.2) is 4.39 Å². The first-order valence-electron chi connectivity index (χ1n) is 8.10. The van der Waals surface area contributed by atoms with Crippen LogP contribution in [0.5, 0.6) is 5.75 Å². The number of benzene rings is 1. The minimum absolute atomic E-state index is 0. The van der Waals surface area contributed by atoms with Crippen molar-refractivity contribution in [2.24, 2.45) is 5.92 Å². The zero-order valence-corrected chi connectivity index (χ0v) is 14.2. The summed E-state index contributed by atoms with van der Waals surface area (Å²) in [6.45, 7) is 3.41. The van der Waals surface area contributed by atoms with Crippen molar-refractivity contribution in [3.05, 3.63) is 30.1 Å². The van der Waals surface area contributed by atoms with Gasteiger partial charge >= 0.3 is 0 Å². The lowest BCUT2D eigenvalue weighted by atomic mass is 9.96. The molecule has 4 nitrogen and oxygen atoms in total. The van der Waals surface area contributed by atoms with Crippen LogP contribution in [-0.4, -0.2) is 32.1 Å². The molecule has 1 aromatic rings. The van der Waals surface area contributed by atoms with Crippen molar-refractivity contribution in [2.45, 2.75) is 32.1 Å². The van der Waals surface area contributed by atoms with Gasteiger partial charge in [0.2, 0.25) is 5.91 Å².